The predicted molar refractivity (Wildman–Crippen MR) is 63.1 cm³/mol. The zero-order valence-corrected chi connectivity index (χ0v) is 10.0. The maximum Gasteiger partial charge on any atom is 0.323 e. The van der Waals surface area contributed by atoms with E-state index in [-0.39, 0.29) is 17.3 Å². The van der Waals surface area contributed by atoms with Crippen LogP contribution in [0.3, 0.4) is 0 Å². The average molecular weight is 251 g/mol. The van der Waals surface area contributed by atoms with Gasteiger partial charge in [0.05, 0.1) is 5.69 Å². The number of hydrogen-bond acceptors (Lipinski definition) is 4. The maximum atomic E-state index is 11.9. The lowest BCUT2D eigenvalue weighted by Gasteiger charge is -2.15. The Bertz CT molecular complexity index is 487. The molecule has 7 nitrogen and oxygen atoms in total. The number of amides is 2. The molecule has 0 saturated carbocycles. The summed E-state index contributed by atoms with van der Waals surface area (Å²) in [6.07, 6.45) is 1.40. The van der Waals surface area contributed by atoms with Crippen molar-refractivity contribution in [3.05, 3.63) is 24.0 Å². The lowest BCUT2D eigenvalue weighted by molar-refractivity contribution is -0.137. The first-order chi connectivity index (χ1) is 8.41. The first-order valence-electron chi connectivity index (χ1n) is 5.11. The molecule has 0 aliphatic heterocycles. The quantitative estimate of drug-likeness (QED) is 0.796. The molecule has 0 fully saturated rings. The molecule has 96 valence electrons. The van der Waals surface area contributed by atoms with Crippen LogP contribution in [0.4, 0.5) is 5.69 Å². The molecule has 1 rings (SSSR count). The van der Waals surface area contributed by atoms with E-state index in [2.05, 4.69) is 10.3 Å². The van der Waals surface area contributed by atoms with Gasteiger partial charge in [0, 0.05) is 20.2 Å². The second-order valence-electron chi connectivity index (χ2n) is 3.64. The van der Waals surface area contributed by atoms with Crippen molar-refractivity contribution in [1.82, 2.24) is 9.88 Å². The minimum absolute atomic E-state index is 0.0106. The summed E-state index contributed by atoms with van der Waals surface area (Å²) in [4.78, 5) is 38.3. The Hall–Kier alpha value is -2.44. The van der Waals surface area contributed by atoms with Gasteiger partial charge in [0.15, 0.2) is 5.69 Å². The highest BCUT2D eigenvalue weighted by Gasteiger charge is 2.19. The largest absolute Gasteiger partial charge is 0.480 e. The van der Waals surface area contributed by atoms with Crippen molar-refractivity contribution in [2.24, 2.45) is 0 Å². The zero-order chi connectivity index (χ0) is 13.7. The number of pyridine rings is 1. The zero-order valence-electron chi connectivity index (χ0n) is 10.0. The van der Waals surface area contributed by atoms with Crippen molar-refractivity contribution in [1.29, 1.82) is 0 Å². The topological polar surface area (TPSA) is 99.6 Å². The number of carboxylic acid groups (broad SMARTS) is 1. The van der Waals surface area contributed by atoms with E-state index in [9.17, 15) is 14.4 Å². The third-order valence-electron chi connectivity index (χ3n) is 2.04. The summed E-state index contributed by atoms with van der Waals surface area (Å²) < 4.78 is 0. The van der Waals surface area contributed by atoms with Gasteiger partial charge in [-0.1, -0.05) is 0 Å². The molecule has 2 amide bonds. The van der Waals surface area contributed by atoms with E-state index in [4.69, 9.17) is 5.11 Å². The predicted octanol–water partition coefficient (Wildman–Crippen LogP) is 0.197. The summed E-state index contributed by atoms with van der Waals surface area (Å²) in [6.45, 7) is 0.872. The first-order valence-corrected chi connectivity index (χ1v) is 5.11. The number of likely N-dealkylation sites (N-methyl/N-ethyl adjacent to an activating group) is 1. The lowest BCUT2D eigenvalue weighted by atomic mass is 10.2. The molecule has 0 aliphatic rings. The van der Waals surface area contributed by atoms with E-state index in [1.807, 2.05) is 0 Å². The number of nitrogens with one attached hydrogen (secondary N) is 1. The highest BCUT2D eigenvalue weighted by molar-refractivity contribution is 6.02. The molecular weight excluding hydrogens is 238 g/mol. The van der Waals surface area contributed by atoms with Crippen molar-refractivity contribution >= 4 is 23.5 Å². The van der Waals surface area contributed by atoms with E-state index >= 15 is 0 Å². The Balaban J connectivity index is 2.97. The molecule has 0 radical (unpaired) electrons. The highest BCUT2D eigenvalue weighted by Crippen LogP contribution is 2.13. The first kappa shape index (κ1) is 13.6. The van der Waals surface area contributed by atoms with Crippen LogP contribution < -0.4 is 5.32 Å². The monoisotopic (exact) mass is 251 g/mol. The summed E-state index contributed by atoms with van der Waals surface area (Å²) >= 11 is 0. The van der Waals surface area contributed by atoms with E-state index in [0.29, 0.717) is 0 Å². The number of carbonyl (C=O) groups excluding carboxylic acids is 2. The number of carbonyl (C=O) groups is 3. The normalized spacial score (nSPS) is 9.67. The van der Waals surface area contributed by atoms with Gasteiger partial charge in [-0.2, -0.15) is 0 Å². The fourth-order valence-corrected chi connectivity index (χ4v) is 1.32. The van der Waals surface area contributed by atoms with E-state index < -0.39 is 18.4 Å². The van der Waals surface area contributed by atoms with Gasteiger partial charge >= 0.3 is 5.97 Å². The minimum atomic E-state index is -1.12. The van der Waals surface area contributed by atoms with Gasteiger partial charge in [0.25, 0.3) is 5.91 Å². The standard InChI is InChI=1S/C11H13N3O4/c1-7(15)13-8-4-3-5-12-10(8)11(18)14(2)6-9(16)17/h3-5H,6H2,1-2H3,(H,13,15)(H,16,17). The Morgan fingerprint density at radius 3 is 2.67 bits per heavy atom. The molecule has 0 aliphatic carbocycles. The van der Waals surface area contributed by atoms with Crippen LogP contribution in [0.1, 0.15) is 17.4 Å². The second-order valence-corrected chi connectivity index (χ2v) is 3.64. The van der Waals surface area contributed by atoms with Gasteiger partial charge in [-0.05, 0) is 12.1 Å². The fraction of sp³-hybridized carbons (Fsp3) is 0.273. The maximum absolute atomic E-state index is 11.9. The molecule has 7 heteroatoms. The van der Waals surface area contributed by atoms with Crippen LogP contribution in [-0.4, -0.2) is 46.4 Å². The number of aliphatic carboxylic acids is 1. The Kier molecular flexibility index (Phi) is 4.36. The van der Waals surface area contributed by atoms with Crippen LogP contribution in [0.25, 0.3) is 0 Å². The SMILES string of the molecule is CC(=O)Nc1cccnc1C(=O)N(C)CC(=O)O. The van der Waals surface area contributed by atoms with Gasteiger partial charge in [-0.15, -0.1) is 0 Å². The molecule has 2 N–H and O–H groups in total. The number of nitrogens with zero attached hydrogens (tertiary/aromatic N) is 2. The molecule has 0 unspecified atom stereocenters. The van der Waals surface area contributed by atoms with Crippen LogP contribution in [0.15, 0.2) is 18.3 Å². The molecule has 1 aromatic rings. The summed E-state index contributed by atoms with van der Waals surface area (Å²) in [5.74, 6) is -2.03. The average Bonchev–Trinajstić information content (AvgIpc) is 2.27. The Morgan fingerprint density at radius 2 is 2.11 bits per heavy atom. The minimum Gasteiger partial charge on any atom is -0.480 e. The summed E-state index contributed by atoms with van der Waals surface area (Å²) in [7, 11) is 1.35. The van der Waals surface area contributed by atoms with E-state index in [1.165, 1.54) is 26.2 Å². The van der Waals surface area contributed by atoms with Crippen molar-refractivity contribution in [2.75, 3.05) is 18.9 Å². The highest BCUT2D eigenvalue weighted by atomic mass is 16.4. The van der Waals surface area contributed by atoms with Crippen LogP contribution in [0, 0.1) is 0 Å². The van der Waals surface area contributed by atoms with Crippen LogP contribution in [-0.2, 0) is 9.59 Å². The smallest absolute Gasteiger partial charge is 0.323 e. The number of rotatable bonds is 4. The van der Waals surface area contributed by atoms with Crippen molar-refractivity contribution < 1.29 is 19.5 Å². The Morgan fingerprint density at radius 1 is 1.44 bits per heavy atom. The number of hydrogen-bond donors (Lipinski definition) is 2. The molecule has 0 saturated heterocycles. The fourth-order valence-electron chi connectivity index (χ4n) is 1.32. The number of anilines is 1. The van der Waals surface area contributed by atoms with Gasteiger partial charge in [-0.25, -0.2) is 4.98 Å². The second kappa shape index (κ2) is 5.76. The number of aromatic nitrogens is 1. The van der Waals surface area contributed by atoms with Crippen molar-refractivity contribution in [2.45, 2.75) is 6.92 Å². The number of carboxylic acids is 1. The van der Waals surface area contributed by atoms with Gasteiger partial charge in [0.1, 0.15) is 6.54 Å². The van der Waals surface area contributed by atoms with Crippen LogP contribution in [0.5, 0.6) is 0 Å². The van der Waals surface area contributed by atoms with Gasteiger partial charge in [0.2, 0.25) is 5.91 Å². The molecule has 0 spiro atoms. The molecular formula is C11H13N3O4. The van der Waals surface area contributed by atoms with Crippen LogP contribution in [0.2, 0.25) is 0 Å². The third-order valence-corrected chi connectivity index (χ3v) is 2.04. The van der Waals surface area contributed by atoms with Gasteiger partial charge in [-0.3, -0.25) is 14.4 Å². The lowest BCUT2D eigenvalue weighted by Crippen LogP contribution is -2.33. The van der Waals surface area contributed by atoms with E-state index in [0.717, 1.165) is 4.90 Å². The van der Waals surface area contributed by atoms with Crippen molar-refractivity contribution in [3.8, 4) is 0 Å². The molecule has 1 heterocycles. The van der Waals surface area contributed by atoms with Gasteiger partial charge < -0.3 is 15.3 Å². The van der Waals surface area contributed by atoms with Crippen molar-refractivity contribution in [3.63, 3.8) is 0 Å². The molecule has 0 bridgehead atoms. The molecule has 0 aromatic carbocycles. The molecule has 18 heavy (non-hydrogen) atoms. The molecule has 1 aromatic heterocycles. The molecule has 0 atom stereocenters. The van der Waals surface area contributed by atoms with Crippen LogP contribution >= 0.6 is 0 Å². The summed E-state index contributed by atoms with van der Waals surface area (Å²) in [6, 6.07) is 3.09. The Labute approximate surface area is 103 Å². The summed E-state index contributed by atoms with van der Waals surface area (Å²) in [5, 5.41) is 11.1. The van der Waals surface area contributed by atoms with E-state index in [1.54, 1.807) is 6.07 Å². The third kappa shape index (κ3) is 3.55. The summed E-state index contributed by atoms with van der Waals surface area (Å²) in [5.41, 5.74) is 0.267.